The summed E-state index contributed by atoms with van der Waals surface area (Å²) in [5, 5.41) is 9.13. The van der Waals surface area contributed by atoms with E-state index in [0.717, 1.165) is 29.4 Å². The van der Waals surface area contributed by atoms with Gasteiger partial charge in [-0.2, -0.15) is 5.10 Å². The summed E-state index contributed by atoms with van der Waals surface area (Å²) in [6.07, 6.45) is 1.79. The van der Waals surface area contributed by atoms with Gasteiger partial charge in [-0.15, -0.1) is 11.3 Å². The first-order valence-electron chi connectivity index (χ1n) is 4.96. The Labute approximate surface area is 92.5 Å². The van der Waals surface area contributed by atoms with Gasteiger partial charge in [-0.25, -0.2) is 4.98 Å². The number of nitrogens with two attached hydrogens (primary N) is 1. The summed E-state index contributed by atoms with van der Waals surface area (Å²) in [5.74, 6) is 1.69. The lowest BCUT2D eigenvalue weighted by Gasteiger charge is -2.00. The predicted octanol–water partition coefficient (Wildman–Crippen LogP) is 1.81. The van der Waals surface area contributed by atoms with Crippen molar-refractivity contribution < 1.29 is 0 Å². The molecule has 4 nitrogen and oxygen atoms in total. The number of aromatic amines is 1. The van der Waals surface area contributed by atoms with E-state index in [0.29, 0.717) is 0 Å². The third-order valence-electron chi connectivity index (χ3n) is 2.11. The van der Waals surface area contributed by atoms with Crippen LogP contribution in [-0.4, -0.2) is 21.2 Å². The maximum Gasteiger partial charge on any atom is 0.191 e. The topological polar surface area (TPSA) is 67.6 Å². The van der Waals surface area contributed by atoms with Crippen molar-refractivity contribution in [3.05, 3.63) is 23.3 Å². The molecule has 80 valence electrons. The molecule has 0 aliphatic rings. The van der Waals surface area contributed by atoms with Crippen LogP contribution in [0, 0.1) is 0 Å². The van der Waals surface area contributed by atoms with Crippen LogP contribution in [-0.2, 0) is 6.42 Å². The van der Waals surface area contributed by atoms with Crippen molar-refractivity contribution in [3.8, 4) is 10.7 Å². The molecule has 3 N–H and O–H groups in total. The summed E-state index contributed by atoms with van der Waals surface area (Å²) in [6.45, 7) is 2.00. The molecule has 0 saturated carbocycles. The molecular formula is C10H14N4S. The van der Waals surface area contributed by atoms with Gasteiger partial charge in [-0.05, 0) is 24.8 Å². The van der Waals surface area contributed by atoms with E-state index < -0.39 is 0 Å². The van der Waals surface area contributed by atoms with Crippen LogP contribution in [0.5, 0.6) is 0 Å². The second-order valence-electron chi connectivity index (χ2n) is 3.60. The Kier molecular flexibility index (Phi) is 3.13. The number of nitrogens with zero attached hydrogens (tertiary/aromatic N) is 2. The van der Waals surface area contributed by atoms with Crippen LogP contribution in [0.2, 0.25) is 0 Å². The minimum Gasteiger partial charge on any atom is -0.328 e. The molecule has 1 atom stereocenters. The molecule has 0 amide bonds. The fourth-order valence-electron chi connectivity index (χ4n) is 1.29. The van der Waals surface area contributed by atoms with E-state index in [1.54, 1.807) is 11.3 Å². The van der Waals surface area contributed by atoms with Crippen LogP contribution < -0.4 is 5.73 Å². The average molecular weight is 222 g/mol. The molecule has 0 radical (unpaired) electrons. The van der Waals surface area contributed by atoms with Gasteiger partial charge in [-0.1, -0.05) is 6.07 Å². The first-order chi connectivity index (χ1) is 7.25. The number of hydrogen-bond donors (Lipinski definition) is 2. The second-order valence-corrected chi connectivity index (χ2v) is 4.55. The standard InChI is InChI=1S/C10H14N4S/c1-7(11)4-5-9-12-10(14-13-9)8-3-2-6-15-8/h2-3,6-7H,4-5,11H2,1H3,(H,12,13,14). The lowest BCUT2D eigenvalue weighted by molar-refractivity contribution is 0.649. The Balaban J connectivity index is 2.04. The molecule has 0 spiro atoms. The summed E-state index contributed by atoms with van der Waals surface area (Å²) in [6, 6.07) is 4.22. The van der Waals surface area contributed by atoms with Gasteiger partial charge in [-0.3, -0.25) is 5.10 Å². The molecule has 0 saturated heterocycles. The largest absolute Gasteiger partial charge is 0.328 e. The van der Waals surface area contributed by atoms with Crippen LogP contribution in [0.3, 0.4) is 0 Å². The third kappa shape index (κ3) is 2.64. The van der Waals surface area contributed by atoms with Crippen molar-refractivity contribution in [2.45, 2.75) is 25.8 Å². The van der Waals surface area contributed by atoms with Gasteiger partial charge in [0.2, 0.25) is 0 Å². The zero-order valence-electron chi connectivity index (χ0n) is 8.60. The van der Waals surface area contributed by atoms with Crippen LogP contribution in [0.15, 0.2) is 17.5 Å². The SMILES string of the molecule is CC(N)CCc1nc(-c2cccs2)n[nH]1. The number of thiophene rings is 1. The van der Waals surface area contributed by atoms with Crippen LogP contribution >= 0.6 is 11.3 Å². The van der Waals surface area contributed by atoms with E-state index in [1.165, 1.54) is 0 Å². The van der Waals surface area contributed by atoms with Crippen molar-refractivity contribution >= 4 is 11.3 Å². The van der Waals surface area contributed by atoms with Gasteiger partial charge in [0.1, 0.15) is 5.82 Å². The number of H-pyrrole nitrogens is 1. The Hall–Kier alpha value is -1.20. The maximum atomic E-state index is 5.68. The maximum absolute atomic E-state index is 5.68. The number of aryl methyl sites for hydroxylation is 1. The first-order valence-corrected chi connectivity index (χ1v) is 5.84. The molecular weight excluding hydrogens is 208 g/mol. The van der Waals surface area contributed by atoms with E-state index in [2.05, 4.69) is 15.2 Å². The summed E-state index contributed by atoms with van der Waals surface area (Å²) in [5.41, 5.74) is 5.68. The predicted molar refractivity (Wildman–Crippen MR) is 61.7 cm³/mol. The number of nitrogens with one attached hydrogen (secondary N) is 1. The summed E-state index contributed by atoms with van der Waals surface area (Å²) in [7, 11) is 0. The Morgan fingerprint density at radius 3 is 3.13 bits per heavy atom. The molecule has 5 heteroatoms. The van der Waals surface area contributed by atoms with Gasteiger partial charge in [0.15, 0.2) is 5.82 Å². The zero-order valence-corrected chi connectivity index (χ0v) is 9.42. The summed E-state index contributed by atoms with van der Waals surface area (Å²) < 4.78 is 0. The highest BCUT2D eigenvalue weighted by Gasteiger charge is 2.06. The monoisotopic (exact) mass is 222 g/mol. The number of hydrogen-bond acceptors (Lipinski definition) is 4. The van der Waals surface area contributed by atoms with Crippen LogP contribution in [0.25, 0.3) is 10.7 Å². The molecule has 0 aliphatic heterocycles. The Morgan fingerprint density at radius 2 is 2.47 bits per heavy atom. The molecule has 1 unspecified atom stereocenters. The van der Waals surface area contributed by atoms with Crippen molar-refractivity contribution in [1.82, 2.24) is 15.2 Å². The summed E-state index contributed by atoms with van der Waals surface area (Å²) >= 11 is 1.64. The van der Waals surface area contributed by atoms with Gasteiger partial charge < -0.3 is 5.73 Å². The Bertz CT molecular complexity index is 405. The molecule has 0 bridgehead atoms. The van der Waals surface area contributed by atoms with Gasteiger partial charge in [0.05, 0.1) is 4.88 Å². The molecule has 2 aromatic heterocycles. The van der Waals surface area contributed by atoms with Crippen molar-refractivity contribution in [3.63, 3.8) is 0 Å². The zero-order chi connectivity index (χ0) is 10.7. The molecule has 2 aromatic rings. The van der Waals surface area contributed by atoms with Crippen molar-refractivity contribution in [1.29, 1.82) is 0 Å². The number of rotatable bonds is 4. The minimum atomic E-state index is 0.209. The lowest BCUT2D eigenvalue weighted by Crippen LogP contribution is -2.15. The highest BCUT2D eigenvalue weighted by atomic mass is 32.1. The first kappa shape index (κ1) is 10.3. The smallest absolute Gasteiger partial charge is 0.191 e. The fourth-order valence-corrected chi connectivity index (χ4v) is 1.95. The van der Waals surface area contributed by atoms with E-state index >= 15 is 0 Å². The van der Waals surface area contributed by atoms with Gasteiger partial charge in [0, 0.05) is 12.5 Å². The van der Waals surface area contributed by atoms with E-state index in [9.17, 15) is 0 Å². The van der Waals surface area contributed by atoms with Crippen molar-refractivity contribution in [2.24, 2.45) is 5.73 Å². The fraction of sp³-hybridized carbons (Fsp3) is 0.400. The molecule has 2 rings (SSSR count). The van der Waals surface area contributed by atoms with E-state index in [1.807, 2.05) is 24.4 Å². The number of aromatic nitrogens is 3. The highest BCUT2D eigenvalue weighted by Crippen LogP contribution is 2.20. The van der Waals surface area contributed by atoms with E-state index in [4.69, 9.17) is 5.73 Å². The second kappa shape index (κ2) is 4.55. The van der Waals surface area contributed by atoms with Crippen LogP contribution in [0.4, 0.5) is 0 Å². The van der Waals surface area contributed by atoms with Crippen molar-refractivity contribution in [2.75, 3.05) is 0 Å². The quantitative estimate of drug-likeness (QED) is 0.829. The molecule has 2 heterocycles. The lowest BCUT2D eigenvalue weighted by atomic mass is 10.2. The average Bonchev–Trinajstić information content (AvgIpc) is 2.85. The van der Waals surface area contributed by atoms with Gasteiger partial charge in [0.25, 0.3) is 0 Å². The normalized spacial score (nSPS) is 12.9. The van der Waals surface area contributed by atoms with Gasteiger partial charge >= 0.3 is 0 Å². The highest BCUT2D eigenvalue weighted by molar-refractivity contribution is 7.13. The van der Waals surface area contributed by atoms with Crippen LogP contribution in [0.1, 0.15) is 19.2 Å². The van der Waals surface area contributed by atoms with E-state index in [-0.39, 0.29) is 6.04 Å². The third-order valence-corrected chi connectivity index (χ3v) is 2.98. The summed E-state index contributed by atoms with van der Waals surface area (Å²) in [4.78, 5) is 5.51. The molecule has 0 fully saturated rings. The Morgan fingerprint density at radius 1 is 1.60 bits per heavy atom. The minimum absolute atomic E-state index is 0.209. The molecule has 0 aliphatic carbocycles. The molecule has 0 aromatic carbocycles. The molecule has 15 heavy (non-hydrogen) atoms.